The van der Waals surface area contributed by atoms with Crippen molar-refractivity contribution in [2.75, 3.05) is 6.54 Å². The molecule has 0 amide bonds. The molecule has 72 valence electrons. The van der Waals surface area contributed by atoms with Crippen LogP contribution in [0.1, 0.15) is 24.0 Å². The zero-order valence-corrected chi connectivity index (χ0v) is 7.91. The first-order chi connectivity index (χ1) is 6.07. The van der Waals surface area contributed by atoms with Crippen LogP contribution in [0.25, 0.3) is 0 Å². The number of nitrogens with two attached hydrogens (primary N) is 1. The molecular weight excluding hydrogens is 166 g/mol. The van der Waals surface area contributed by atoms with Gasteiger partial charge in [0.25, 0.3) is 0 Å². The number of hydrogen-bond donors (Lipinski definition) is 3. The van der Waals surface area contributed by atoms with Crippen molar-refractivity contribution in [2.24, 2.45) is 5.73 Å². The highest BCUT2D eigenvalue weighted by Crippen LogP contribution is 2.35. The fourth-order valence-electron chi connectivity index (χ4n) is 1.22. The van der Waals surface area contributed by atoms with Crippen LogP contribution in [-0.2, 0) is 0 Å². The molecule has 1 unspecified atom stereocenters. The number of phenols is 2. The molecule has 0 fully saturated rings. The molecule has 0 aliphatic heterocycles. The summed E-state index contributed by atoms with van der Waals surface area (Å²) in [6, 6.07) is 3.57. The standard InChI is InChI=1S/C10H15NO2/c1-6-3-4-8(7(2)5-11)10(13)9(6)12/h3-4,7,12-13H,5,11H2,1-2H3. The van der Waals surface area contributed by atoms with Gasteiger partial charge in [-0.3, -0.25) is 0 Å². The summed E-state index contributed by atoms with van der Waals surface area (Å²) < 4.78 is 0. The highest BCUT2D eigenvalue weighted by Gasteiger charge is 2.13. The lowest BCUT2D eigenvalue weighted by Crippen LogP contribution is -2.09. The van der Waals surface area contributed by atoms with Crippen molar-refractivity contribution >= 4 is 0 Å². The average molecular weight is 181 g/mol. The minimum atomic E-state index is -0.0437. The van der Waals surface area contributed by atoms with E-state index in [-0.39, 0.29) is 17.4 Å². The maximum absolute atomic E-state index is 9.57. The van der Waals surface area contributed by atoms with E-state index in [1.807, 2.05) is 6.92 Å². The number of benzene rings is 1. The molecule has 1 rings (SSSR count). The molecule has 1 aromatic rings. The predicted molar refractivity (Wildman–Crippen MR) is 52.0 cm³/mol. The van der Waals surface area contributed by atoms with Gasteiger partial charge < -0.3 is 15.9 Å². The largest absolute Gasteiger partial charge is 0.504 e. The summed E-state index contributed by atoms with van der Waals surface area (Å²) >= 11 is 0. The van der Waals surface area contributed by atoms with Crippen LogP contribution in [0.3, 0.4) is 0 Å². The molecule has 3 nitrogen and oxygen atoms in total. The van der Waals surface area contributed by atoms with E-state index in [0.717, 1.165) is 0 Å². The van der Waals surface area contributed by atoms with Crippen LogP contribution in [0, 0.1) is 6.92 Å². The molecule has 4 N–H and O–H groups in total. The molecule has 0 saturated carbocycles. The molecule has 0 saturated heterocycles. The molecule has 0 spiro atoms. The first kappa shape index (κ1) is 9.86. The number of aryl methyl sites for hydroxylation is 1. The van der Waals surface area contributed by atoms with Crippen LogP contribution < -0.4 is 5.73 Å². The Bertz CT molecular complexity index is 310. The lowest BCUT2D eigenvalue weighted by Gasteiger charge is -2.12. The van der Waals surface area contributed by atoms with Gasteiger partial charge >= 0.3 is 0 Å². The van der Waals surface area contributed by atoms with Gasteiger partial charge in [0.15, 0.2) is 11.5 Å². The number of phenolic OH excluding ortho intramolecular Hbond substituents is 2. The maximum atomic E-state index is 9.57. The molecule has 0 aliphatic carbocycles. The Labute approximate surface area is 77.8 Å². The Balaban J connectivity index is 3.18. The van der Waals surface area contributed by atoms with Gasteiger partial charge in [-0.15, -0.1) is 0 Å². The van der Waals surface area contributed by atoms with Gasteiger partial charge in [-0.25, -0.2) is 0 Å². The topological polar surface area (TPSA) is 66.5 Å². The summed E-state index contributed by atoms with van der Waals surface area (Å²) in [7, 11) is 0. The third-order valence-corrected chi connectivity index (χ3v) is 2.27. The van der Waals surface area contributed by atoms with Crippen molar-refractivity contribution < 1.29 is 10.2 Å². The molecule has 0 bridgehead atoms. The van der Waals surface area contributed by atoms with Crippen LogP contribution in [0.5, 0.6) is 11.5 Å². The zero-order chi connectivity index (χ0) is 10.0. The summed E-state index contributed by atoms with van der Waals surface area (Å²) in [4.78, 5) is 0. The summed E-state index contributed by atoms with van der Waals surface area (Å²) in [6.07, 6.45) is 0. The van der Waals surface area contributed by atoms with E-state index in [4.69, 9.17) is 5.73 Å². The SMILES string of the molecule is Cc1ccc(C(C)CN)c(O)c1O. The number of hydrogen-bond acceptors (Lipinski definition) is 3. The van der Waals surface area contributed by atoms with Crippen LogP contribution in [-0.4, -0.2) is 16.8 Å². The van der Waals surface area contributed by atoms with Crippen molar-refractivity contribution in [3.8, 4) is 11.5 Å². The van der Waals surface area contributed by atoms with Crippen LogP contribution in [0.2, 0.25) is 0 Å². The summed E-state index contributed by atoms with van der Waals surface area (Å²) in [5.41, 5.74) is 6.84. The van der Waals surface area contributed by atoms with E-state index in [1.165, 1.54) is 0 Å². The highest BCUT2D eigenvalue weighted by atomic mass is 16.3. The lowest BCUT2D eigenvalue weighted by atomic mass is 9.98. The first-order valence-electron chi connectivity index (χ1n) is 4.29. The fourth-order valence-corrected chi connectivity index (χ4v) is 1.22. The maximum Gasteiger partial charge on any atom is 0.161 e. The van der Waals surface area contributed by atoms with E-state index >= 15 is 0 Å². The van der Waals surface area contributed by atoms with E-state index in [1.54, 1.807) is 19.1 Å². The summed E-state index contributed by atoms with van der Waals surface area (Å²) in [6.45, 7) is 4.10. The van der Waals surface area contributed by atoms with Gasteiger partial charge in [-0.1, -0.05) is 19.1 Å². The second-order valence-electron chi connectivity index (χ2n) is 3.31. The van der Waals surface area contributed by atoms with Crippen molar-refractivity contribution in [3.05, 3.63) is 23.3 Å². The van der Waals surface area contributed by atoms with Gasteiger partial charge in [-0.2, -0.15) is 0 Å². The Morgan fingerprint density at radius 3 is 2.46 bits per heavy atom. The zero-order valence-electron chi connectivity index (χ0n) is 7.91. The molecular formula is C10H15NO2. The minimum absolute atomic E-state index is 0.0436. The van der Waals surface area contributed by atoms with Gasteiger partial charge in [0.05, 0.1) is 0 Å². The van der Waals surface area contributed by atoms with E-state index < -0.39 is 0 Å². The normalized spacial score (nSPS) is 12.8. The molecule has 0 heterocycles. The van der Waals surface area contributed by atoms with Crippen molar-refractivity contribution in [1.29, 1.82) is 0 Å². The molecule has 1 aromatic carbocycles. The van der Waals surface area contributed by atoms with Crippen LogP contribution >= 0.6 is 0 Å². The Morgan fingerprint density at radius 2 is 1.92 bits per heavy atom. The number of rotatable bonds is 2. The monoisotopic (exact) mass is 181 g/mol. The molecule has 3 heteroatoms. The molecule has 0 radical (unpaired) electrons. The van der Waals surface area contributed by atoms with Crippen molar-refractivity contribution in [1.82, 2.24) is 0 Å². The summed E-state index contributed by atoms with van der Waals surface area (Å²) in [5.74, 6) is -0.0257. The van der Waals surface area contributed by atoms with Gasteiger partial charge in [0, 0.05) is 5.56 Å². The van der Waals surface area contributed by atoms with Crippen molar-refractivity contribution in [3.63, 3.8) is 0 Å². The van der Waals surface area contributed by atoms with E-state index in [2.05, 4.69) is 0 Å². The second-order valence-corrected chi connectivity index (χ2v) is 3.31. The minimum Gasteiger partial charge on any atom is -0.504 e. The third-order valence-electron chi connectivity index (χ3n) is 2.27. The molecule has 1 atom stereocenters. The van der Waals surface area contributed by atoms with Crippen LogP contribution in [0.15, 0.2) is 12.1 Å². The fraction of sp³-hybridized carbons (Fsp3) is 0.400. The first-order valence-corrected chi connectivity index (χ1v) is 4.29. The highest BCUT2D eigenvalue weighted by molar-refractivity contribution is 5.50. The van der Waals surface area contributed by atoms with E-state index in [0.29, 0.717) is 17.7 Å². The molecule has 13 heavy (non-hydrogen) atoms. The Kier molecular flexibility index (Phi) is 2.78. The van der Waals surface area contributed by atoms with Gasteiger partial charge in [0.1, 0.15) is 0 Å². The Hall–Kier alpha value is -1.22. The quantitative estimate of drug-likeness (QED) is 0.605. The smallest absolute Gasteiger partial charge is 0.161 e. The van der Waals surface area contributed by atoms with E-state index in [9.17, 15) is 10.2 Å². The molecule has 0 aliphatic rings. The Morgan fingerprint density at radius 1 is 1.31 bits per heavy atom. The summed E-state index contributed by atoms with van der Waals surface area (Å²) in [5, 5.41) is 19.0. The lowest BCUT2D eigenvalue weighted by molar-refractivity contribution is 0.394. The second kappa shape index (κ2) is 3.66. The predicted octanol–water partition coefficient (Wildman–Crippen LogP) is 1.47. The average Bonchev–Trinajstić information content (AvgIpc) is 2.13. The molecule has 0 aromatic heterocycles. The van der Waals surface area contributed by atoms with Gasteiger partial charge in [-0.05, 0) is 24.9 Å². The van der Waals surface area contributed by atoms with Gasteiger partial charge in [0.2, 0.25) is 0 Å². The van der Waals surface area contributed by atoms with Crippen molar-refractivity contribution in [2.45, 2.75) is 19.8 Å². The number of aromatic hydroxyl groups is 2. The third kappa shape index (κ3) is 1.75. The van der Waals surface area contributed by atoms with Crippen LogP contribution in [0.4, 0.5) is 0 Å².